The first-order valence-electron chi connectivity index (χ1n) is 6.17. The van der Waals surface area contributed by atoms with E-state index in [1.54, 1.807) is 27.5 Å². The van der Waals surface area contributed by atoms with Crippen molar-refractivity contribution in [1.29, 1.82) is 0 Å². The second kappa shape index (κ2) is 6.25. The van der Waals surface area contributed by atoms with Crippen LogP contribution in [-0.4, -0.2) is 26.3 Å². The SMILES string of the molecule is COc1ccc(C(N)c2cccnc2OC)cc1OC. The van der Waals surface area contributed by atoms with Crippen LogP contribution in [0.3, 0.4) is 0 Å². The highest BCUT2D eigenvalue weighted by atomic mass is 16.5. The largest absolute Gasteiger partial charge is 0.493 e. The van der Waals surface area contributed by atoms with Crippen LogP contribution < -0.4 is 19.9 Å². The summed E-state index contributed by atoms with van der Waals surface area (Å²) in [5.41, 5.74) is 8.01. The Morgan fingerprint density at radius 2 is 1.75 bits per heavy atom. The van der Waals surface area contributed by atoms with Crippen LogP contribution in [0.2, 0.25) is 0 Å². The first-order chi connectivity index (χ1) is 9.71. The summed E-state index contributed by atoms with van der Waals surface area (Å²) in [5.74, 6) is 1.83. The molecule has 0 radical (unpaired) electrons. The Bertz CT molecular complexity index is 587. The maximum absolute atomic E-state index is 6.29. The summed E-state index contributed by atoms with van der Waals surface area (Å²) in [6, 6.07) is 8.97. The molecule has 0 spiro atoms. The van der Waals surface area contributed by atoms with Crippen molar-refractivity contribution in [2.75, 3.05) is 21.3 Å². The molecule has 5 nitrogen and oxygen atoms in total. The molecule has 0 saturated carbocycles. The minimum Gasteiger partial charge on any atom is -0.493 e. The average molecular weight is 274 g/mol. The summed E-state index contributed by atoms with van der Waals surface area (Å²) in [6.07, 6.45) is 1.67. The second-order valence-corrected chi connectivity index (χ2v) is 4.19. The molecule has 20 heavy (non-hydrogen) atoms. The molecule has 0 aliphatic rings. The molecule has 1 atom stereocenters. The zero-order chi connectivity index (χ0) is 14.5. The number of hydrogen-bond donors (Lipinski definition) is 1. The summed E-state index contributed by atoms with van der Waals surface area (Å²) in [6.45, 7) is 0. The molecule has 2 N–H and O–H groups in total. The van der Waals surface area contributed by atoms with Gasteiger partial charge in [-0.2, -0.15) is 0 Å². The highest BCUT2D eigenvalue weighted by molar-refractivity contribution is 5.46. The van der Waals surface area contributed by atoms with Gasteiger partial charge in [-0.1, -0.05) is 12.1 Å². The molecule has 0 fully saturated rings. The maximum atomic E-state index is 6.29. The quantitative estimate of drug-likeness (QED) is 0.905. The third kappa shape index (κ3) is 2.67. The highest BCUT2D eigenvalue weighted by Gasteiger charge is 2.16. The number of pyridine rings is 1. The zero-order valence-electron chi connectivity index (χ0n) is 11.8. The number of hydrogen-bond acceptors (Lipinski definition) is 5. The summed E-state index contributed by atoms with van der Waals surface area (Å²) >= 11 is 0. The Hall–Kier alpha value is -2.27. The standard InChI is InChI=1S/C15H18N2O3/c1-18-12-7-6-10(9-13(12)19-2)14(16)11-5-4-8-17-15(11)20-3/h4-9,14H,16H2,1-3H3. The Morgan fingerprint density at radius 1 is 1.00 bits per heavy atom. The number of benzene rings is 1. The minimum atomic E-state index is -0.349. The third-order valence-electron chi connectivity index (χ3n) is 3.10. The fourth-order valence-electron chi connectivity index (χ4n) is 2.04. The number of nitrogens with two attached hydrogens (primary N) is 1. The molecule has 0 aliphatic heterocycles. The van der Waals surface area contributed by atoms with Crippen molar-refractivity contribution in [3.63, 3.8) is 0 Å². The van der Waals surface area contributed by atoms with E-state index in [1.807, 2.05) is 30.3 Å². The van der Waals surface area contributed by atoms with Gasteiger partial charge in [-0.05, 0) is 23.8 Å². The van der Waals surface area contributed by atoms with Crippen LogP contribution in [0.4, 0.5) is 0 Å². The molecule has 2 rings (SSSR count). The summed E-state index contributed by atoms with van der Waals surface area (Å²) in [4.78, 5) is 4.16. The molecule has 0 amide bonds. The smallest absolute Gasteiger partial charge is 0.218 e. The van der Waals surface area contributed by atoms with Crippen LogP contribution in [0.15, 0.2) is 36.5 Å². The van der Waals surface area contributed by atoms with E-state index in [4.69, 9.17) is 19.9 Å². The molecule has 2 aromatic rings. The van der Waals surface area contributed by atoms with Crippen LogP contribution in [-0.2, 0) is 0 Å². The van der Waals surface area contributed by atoms with Crippen molar-refractivity contribution in [1.82, 2.24) is 4.98 Å². The molecular weight excluding hydrogens is 256 g/mol. The molecule has 0 saturated heterocycles. The average Bonchev–Trinajstić information content (AvgIpc) is 2.53. The van der Waals surface area contributed by atoms with E-state index in [1.165, 1.54) is 0 Å². The monoisotopic (exact) mass is 274 g/mol. The summed E-state index contributed by atoms with van der Waals surface area (Å²) in [7, 11) is 4.77. The van der Waals surface area contributed by atoms with Crippen LogP contribution in [0.1, 0.15) is 17.2 Å². The summed E-state index contributed by atoms with van der Waals surface area (Å²) < 4.78 is 15.8. The Balaban J connectivity index is 2.40. The molecule has 1 heterocycles. The second-order valence-electron chi connectivity index (χ2n) is 4.19. The van der Waals surface area contributed by atoms with Crippen molar-refractivity contribution in [3.8, 4) is 17.4 Å². The van der Waals surface area contributed by atoms with Gasteiger partial charge < -0.3 is 19.9 Å². The van der Waals surface area contributed by atoms with E-state index < -0.39 is 0 Å². The lowest BCUT2D eigenvalue weighted by molar-refractivity contribution is 0.354. The van der Waals surface area contributed by atoms with Gasteiger partial charge in [-0.25, -0.2) is 4.98 Å². The zero-order valence-corrected chi connectivity index (χ0v) is 11.8. The topological polar surface area (TPSA) is 66.6 Å². The van der Waals surface area contributed by atoms with E-state index >= 15 is 0 Å². The molecule has 1 aromatic heterocycles. The van der Waals surface area contributed by atoms with Gasteiger partial charge in [0.2, 0.25) is 5.88 Å². The molecule has 106 valence electrons. The van der Waals surface area contributed by atoms with Crippen molar-refractivity contribution in [2.45, 2.75) is 6.04 Å². The van der Waals surface area contributed by atoms with Gasteiger partial charge in [0.25, 0.3) is 0 Å². The molecule has 1 aromatic carbocycles. The van der Waals surface area contributed by atoms with E-state index in [0.717, 1.165) is 11.1 Å². The van der Waals surface area contributed by atoms with Gasteiger partial charge in [0.15, 0.2) is 11.5 Å². The van der Waals surface area contributed by atoms with Crippen LogP contribution in [0, 0.1) is 0 Å². The van der Waals surface area contributed by atoms with Crippen LogP contribution in [0.25, 0.3) is 0 Å². The van der Waals surface area contributed by atoms with Crippen molar-refractivity contribution >= 4 is 0 Å². The first kappa shape index (κ1) is 14.1. The lowest BCUT2D eigenvalue weighted by Crippen LogP contribution is -2.13. The van der Waals surface area contributed by atoms with Gasteiger partial charge in [-0.3, -0.25) is 0 Å². The Kier molecular flexibility index (Phi) is 4.42. The molecule has 0 bridgehead atoms. The van der Waals surface area contributed by atoms with Crippen molar-refractivity contribution in [3.05, 3.63) is 47.7 Å². The molecule has 5 heteroatoms. The van der Waals surface area contributed by atoms with Crippen molar-refractivity contribution < 1.29 is 14.2 Å². The van der Waals surface area contributed by atoms with Crippen LogP contribution >= 0.6 is 0 Å². The fourth-order valence-corrected chi connectivity index (χ4v) is 2.04. The summed E-state index contributed by atoms with van der Waals surface area (Å²) in [5, 5.41) is 0. The number of rotatable bonds is 5. The molecular formula is C15H18N2O3. The van der Waals surface area contributed by atoms with Gasteiger partial charge >= 0.3 is 0 Å². The normalized spacial score (nSPS) is 11.8. The fraction of sp³-hybridized carbons (Fsp3) is 0.267. The minimum absolute atomic E-state index is 0.349. The number of nitrogens with zero attached hydrogens (tertiary/aromatic N) is 1. The van der Waals surface area contributed by atoms with E-state index in [-0.39, 0.29) is 6.04 Å². The third-order valence-corrected chi connectivity index (χ3v) is 3.10. The van der Waals surface area contributed by atoms with Gasteiger partial charge in [-0.15, -0.1) is 0 Å². The number of ether oxygens (including phenoxy) is 3. The van der Waals surface area contributed by atoms with Crippen LogP contribution in [0.5, 0.6) is 17.4 Å². The number of aromatic nitrogens is 1. The Labute approximate surface area is 118 Å². The van der Waals surface area contributed by atoms with E-state index in [0.29, 0.717) is 17.4 Å². The van der Waals surface area contributed by atoms with E-state index in [9.17, 15) is 0 Å². The predicted molar refractivity (Wildman–Crippen MR) is 76.4 cm³/mol. The first-order valence-corrected chi connectivity index (χ1v) is 6.17. The molecule has 0 aliphatic carbocycles. The van der Waals surface area contributed by atoms with Gasteiger partial charge in [0.1, 0.15) is 0 Å². The lowest BCUT2D eigenvalue weighted by Gasteiger charge is -2.17. The Morgan fingerprint density at radius 3 is 2.40 bits per heavy atom. The molecule has 1 unspecified atom stereocenters. The van der Waals surface area contributed by atoms with E-state index in [2.05, 4.69) is 4.98 Å². The maximum Gasteiger partial charge on any atom is 0.218 e. The van der Waals surface area contributed by atoms with Gasteiger partial charge in [0, 0.05) is 11.8 Å². The highest BCUT2D eigenvalue weighted by Crippen LogP contribution is 2.33. The van der Waals surface area contributed by atoms with Crippen molar-refractivity contribution in [2.24, 2.45) is 5.73 Å². The van der Waals surface area contributed by atoms with Gasteiger partial charge in [0.05, 0.1) is 27.4 Å². The number of methoxy groups -OCH3 is 3. The lowest BCUT2D eigenvalue weighted by atomic mass is 10.00. The predicted octanol–water partition coefficient (Wildman–Crippen LogP) is 2.16.